The maximum absolute atomic E-state index is 12.8. The van der Waals surface area contributed by atoms with Gasteiger partial charge < -0.3 is 9.97 Å². The van der Waals surface area contributed by atoms with Crippen LogP contribution in [0.2, 0.25) is 10.0 Å². The minimum atomic E-state index is -3.86. The van der Waals surface area contributed by atoms with Crippen molar-refractivity contribution < 1.29 is 8.42 Å². The maximum atomic E-state index is 12.8. The van der Waals surface area contributed by atoms with Crippen LogP contribution in [0.25, 0.3) is 11.0 Å². The van der Waals surface area contributed by atoms with Crippen LogP contribution in [0.4, 0.5) is 0 Å². The number of nitrogens with zero attached hydrogens (tertiary/aromatic N) is 1. The molecule has 3 aromatic rings. The molecule has 0 saturated heterocycles. The number of H-pyrrole nitrogens is 2. The van der Waals surface area contributed by atoms with Crippen LogP contribution in [0.1, 0.15) is 5.56 Å². The highest BCUT2D eigenvalue weighted by atomic mass is 35.5. The maximum Gasteiger partial charge on any atom is 0.314 e. The van der Waals surface area contributed by atoms with E-state index < -0.39 is 21.1 Å². The lowest BCUT2D eigenvalue weighted by Crippen LogP contribution is -2.29. The largest absolute Gasteiger partial charge is 0.316 e. The second-order valence-electron chi connectivity index (χ2n) is 5.59. The van der Waals surface area contributed by atoms with E-state index in [1.54, 1.807) is 18.2 Å². The lowest BCUT2D eigenvalue weighted by atomic mass is 10.2. The lowest BCUT2D eigenvalue weighted by molar-refractivity contribution is 0.467. The zero-order valence-electron chi connectivity index (χ0n) is 13.4. The topological polar surface area (TPSA) is 103 Å². The molecule has 0 amide bonds. The Hall–Kier alpha value is -2.13. The van der Waals surface area contributed by atoms with Gasteiger partial charge in [0, 0.05) is 13.6 Å². The highest BCUT2D eigenvalue weighted by molar-refractivity contribution is 7.89. The minimum absolute atomic E-state index is 0.0158. The van der Waals surface area contributed by atoms with Gasteiger partial charge in [0.2, 0.25) is 10.0 Å². The fourth-order valence-electron chi connectivity index (χ4n) is 2.43. The smallest absolute Gasteiger partial charge is 0.314 e. The van der Waals surface area contributed by atoms with Crippen LogP contribution in [-0.4, -0.2) is 29.7 Å². The third-order valence-electron chi connectivity index (χ3n) is 3.83. The number of fused-ring (bicyclic) bond motifs is 1. The molecule has 2 aromatic carbocycles. The molecular formula is C16H13Cl2N3O4S. The number of benzene rings is 2. The van der Waals surface area contributed by atoms with E-state index in [4.69, 9.17) is 23.2 Å². The van der Waals surface area contributed by atoms with E-state index in [1.807, 2.05) is 0 Å². The van der Waals surface area contributed by atoms with E-state index in [0.717, 1.165) is 4.31 Å². The summed E-state index contributed by atoms with van der Waals surface area (Å²) in [5.74, 6) is 0. The summed E-state index contributed by atoms with van der Waals surface area (Å²) in [7, 11) is -2.45. The molecule has 0 fully saturated rings. The van der Waals surface area contributed by atoms with Crippen molar-refractivity contribution in [3.05, 3.63) is 72.7 Å². The zero-order valence-corrected chi connectivity index (χ0v) is 15.7. The van der Waals surface area contributed by atoms with Crippen molar-refractivity contribution in [2.75, 3.05) is 7.05 Å². The Balaban J connectivity index is 2.00. The van der Waals surface area contributed by atoms with Gasteiger partial charge >= 0.3 is 11.1 Å². The Morgan fingerprint density at radius 1 is 1.00 bits per heavy atom. The van der Waals surface area contributed by atoms with Crippen LogP contribution in [0.3, 0.4) is 0 Å². The summed E-state index contributed by atoms with van der Waals surface area (Å²) in [5, 5.41) is 0.624. The van der Waals surface area contributed by atoms with E-state index in [9.17, 15) is 18.0 Å². The van der Waals surface area contributed by atoms with Crippen molar-refractivity contribution in [2.45, 2.75) is 11.4 Å². The summed E-state index contributed by atoms with van der Waals surface area (Å²) >= 11 is 12.1. The summed E-state index contributed by atoms with van der Waals surface area (Å²) in [6, 6.07) is 9.03. The third-order valence-corrected chi connectivity index (χ3v) is 6.48. The molecule has 26 heavy (non-hydrogen) atoms. The zero-order chi connectivity index (χ0) is 19.1. The van der Waals surface area contributed by atoms with Gasteiger partial charge in [-0.15, -0.1) is 0 Å². The third kappa shape index (κ3) is 3.41. The Morgan fingerprint density at radius 3 is 2.35 bits per heavy atom. The van der Waals surface area contributed by atoms with Crippen molar-refractivity contribution in [2.24, 2.45) is 0 Å². The summed E-state index contributed by atoms with van der Waals surface area (Å²) in [6.07, 6.45) is 0. The van der Waals surface area contributed by atoms with Gasteiger partial charge in [-0.2, -0.15) is 4.31 Å². The first-order valence-corrected chi connectivity index (χ1v) is 9.55. The van der Waals surface area contributed by atoms with Crippen molar-refractivity contribution in [1.29, 1.82) is 0 Å². The lowest BCUT2D eigenvalue weighted by Gasteiger charge is -2.18. The highest BCUT2D eigenvalue weighted by Crippen LogP contribution is 2.28. The van der Waals surface area contributed by atoms with Gasteiger partial charge in [-0.05, 0) is 29.8 Å². The van der Waals surface area contributed by atoms with Crippen molar-refractivity contribution >= 4 is 44.3 Å². The Kier molecular flexibility index (Phi) is 4.94. The molecule has 0 radical (unpaired) electrons. The molecule has 0 aliphatic carbocycles. The van der Waals surface area contributed by atoms with Crippen molar-refractivity contribution in [1.82, 2.24) is 14.3 Å². The molecule has 0 aliphatic rings. The molecule has 2 N–H and O–H groups in total. The predicted molar refractivity (Wildman–Crippen MR) is 100 cm³/mol. The van der Waals surface area contributed by atoms with Crippen molar-refractivity contribution in [3.63, 3.8) is 0 Å². The van der Waals surface area contributed by atoms with Crippen LogP contribution >= 0.6 is 23.2 Å². The van der Waals surface area contributed by atoms with Gasteiger partial charge in [-0.3, -0.25) is 9.59 Å². The van der Waals surface area contributed by atoms with Gasteiger partial charge in [0.05, 0.1) is 26.0 Å². The van der Waals surface area contributed by atoms with E-state index >= 15 is 0 Å². The number of hydrogen-bond acceptors (Lipinski definition) is 4. The highest BCUT2D eigenvalue weighted by Gasteiger charge is 2.22. The van der Waals surface area contributed by atoms with Crippen LogP contribution < -0.4 is 11.1 Å². The summed E-state index contributed by atoms with van der Waals surface area (Å²) in [6.45, 7) is 0.0158. The van der Waals surface area contributed by atoms with Gasteiger partial charge in [0.25, 0.3) is 0 Å². The number of sulfonamides is 1. The molecule has 1 heterocycles. The van der Waals surface area contributed by atoms with E-state index in [1.165, 1.54) is 25.2 Å². The van der Waals surface area contributed by atoms with E-state index in [2.05, 4.69) is 9.97 Å². The Labute approximate surface area is 158 Å². The molecule has 0 spiro atoms. The van der Waals surface area contributed by atoms with Crippen molar-refractivity contribution in [3.8, 4) is 0 Å². The molecule has 0 aliphatic heterocycles. The number of rotatable bonds is 4. The Bertz CT molecular complexity index is 1220. The normalized spacial score (nSPS) is 12.0. The first-order chi connectivity index (χ1) is 12.2. The number of halogens is 2. The average Bonchev–Trinajstić information content (AvgIpc) is 2.59. The molecule has 136 valence electrons. The molecule has 3 rings (SSSR count). The number of aromatic amines is 2. The SMILES string of the molecule is CN(Cc1cccc(Cl)c1Cl)S(=O)(=O)c1ccc2[nH]c(=O)c(=O)[nH]c2c1. The molecule has 0 saturated carbocycles. The number of hydrogen-bond donors (Lipinski definition) is 2. The number of nitrogens with one attached hydrogen (secondary N) is 2. The first-order valence-electron chi connectivity index (χ1n) is 7.36. The summed E-state index contributed by atoms with van der Waals surface area (Å²) < 4.78 is 26.7. The summed E-state index contributed by atoms with van der Waals surface area (Å²) in [5.41, 5.74) is -0.561. The molecule has 1 aromatic heterocycles. The quantitative estimate of drug-likeness (QED) is 0.640. The average molecular weight is 414 g/mol. The number of aromatic nitrogens is 2. The fraction of sp³-hybridized carbons (Fsp3) is 0.125. The van der Waals surface area contributed by atoms with Crippen LogP contribution in [0.15, 0.2) is 50.9 Å². The Morgan fingerprint density at radius 2 is 1.65 bits per heavy atom. The second kappa shape index (κ2) is 6.88. The summed E-state index contributed by atoms with van der Waals surface area (Å²) in [4.78, 5) is 27.5. The van der Waals surface area contributed by atoms with Crippen LogP contribution in [-0.2, 0) is 16.6 Å². The predicted octanol–water partition coefficient (Wildman–Crippen LogP) is 2.34. The first kappa shape index (κ1) is 18.7. The van der Waals surface area contributed by atoms with Crippen LogP contribution in [0, 0.1) is 0 Å². The molecular weight excluding hydrogens is 401 g/mol. The standard InChI is InChI=1S/C16H13Cl2N3O4S/c1-21(8-9-3-2-4-11(17)14(9)18)26(24,25)10-5-6-12-13(7-10)20-16(23)15(22)19-12/h2-7H,8H2,1H3,(H,19,22)(H,20,23). The molecule has 10 heteroatoms. The molecule has 0 unspecified atom stereocenters. The monoisotopic (exact) mass is 413 g/mol. The second-order valence-corrected chi connectivity index (χ2v) is 8.42. The molecule has 0 bridgehead atoms. The van der Waals surface area contributed by atoms with Gasteiger partial charge in [0.1, 0.15) is 0 Å². The molecule has 0 atom stereocenters. The van der Waals surface area contributed by atoms with Gasteiger partial charge in [-0.25, -0.2) is 8.42 Å². The van der Waals surface area contributed by atoms with Gasteiger partial charge in [0.15, 0.2) is 0 Å². The van der Waals surface area contributed by atoms with Crippen LogP contribution in [0.5, 0.6) is 0 Å². The van der Waals surface area contributed by atoms with E-state index in [0.29, 0.717) is 16.1 Å². The minimum Gasteiger partial charge on any atom is -0.316 e. The van der Waals surface area contributed by atoms with Gasteiger partial charge in [-0.1, -0.05) is 35.3 Å². The fourth-order valence-corrected chi connectivity index (χ4v) is 3.99. The molecule has 7 nitrogen and oxygen atoms in total. The van der Waals surface area contributed by atoms with E-state index in [-0.39, 0.29) is 22.0 Å².